The minimum atomic E-state index is -0.945. The van der Waals surface area contributed by atoms with Crippen molar-refractivity contribution in [3.8, 4) is 5.75 Å². The van der Waals surface area contributed by atoms with Crippen LogP contribution in [0.15, 0.2) is 34.9 Å². The zero-order valence-corrected chi connectivity index (χ0v) is 9.71. The van der Waals surface area contributed by atoms with Crippen LogP contribution in [0.25, 0.3) is 0 Å². The van der Waals surface area contributed by atoms with Gasteiger partial charge in [-0.15, -0.1) is 0 Å². The van der Waals surface area contributed by atoms with Gasteiger partial charge in [0.25, 0.3) is 6.01 Å². The van der Waals surface area contributed by atoms with Crippen LogP contribution in [0.2, 0.25) is 0 Å². The highest BCUT2D eigenvalue weighted by Gasteiger charge is 2.07. The molecule has 0 bridgehead atoms. The van der Waals surface area contributed by atoms with Crippen LogP contribution in [0.4, 0.5) is 11.7 Å². The van der Waals surface area contributed by atoms with Crippen molar-refractivity contribution in [2.75, 3.05) is 12.4 Å². The van der Waals surface area contributed by atoms with Gasteiger partial charge in [0.1, 0.15) is 12.0 Å². The molecule has 0 saturated carbocycles. The first-order chi connectivity index (χ1) is 8.67. The molecule has 0 aliphatic carbocycles. The summed E-state index contributed by atoms with van der Waals surface area (Å²) in [5.74, 6) is -0.196. The number of nitrogens with one attached hydrogen (secondary N) is 1. The number of aliphatic carboxylic acids is 1. The number of nitrogens with zero attached hydrogens (tertiary/aromatic N) is 1. The third kappa shape index (κ3) is 3.00. The Bertz CT molecular complexity index is 533. The van der Waals surface area contributed by atoms with Crippen LogP contribution in [0.1, 0.15) is 5.69 Å². The number of aromatic nitrogens is 1. The molecule has 0 radical (unpaired) electrons. The minimum absolute atomic E-state index is 0.159. The smallest absolute Gasteiger partial charge is 0.309 e. The second kappa shape index (κ2) is 5.22. The molecule has 0 fully saturated rings. The third-order valence-corrected chi connectivity index (χ3v) is 2.23. The Morgan fingerprint density at radius 2 is 2.17 bits per heavy atom. The van der Waals surface area contributed by atoms with E-state index in [1.165, 1.54) is 6.26 Å². The van der Waals surface area contributed by atoms with Gasteiger partial charge in [0.2, 0.25) is 0 Å². The number of ether oxygens (including phenoxy) is 1. The molecular formula is C12H12N2O4. The fraction of sp³-hybridized carbons (Fsp3) is 0.167. The largest absolute Gasteiger partial charge is 0.497 e. The lowest BCUT2D eigenvalue weighted by molar-refractivity contribution is -0.136. The van der Waals surface area contributed by atoms with E-state index < -0.39 is 5.97 Å². The summed E-state index contributed by atoms with van der Waals surface area (Å²) < 4.78 is 10.1. The Labute approximate surface area is 103 Å². The zero-order valence-electron chi connectivity index (χ0n) is 9.71. The molecule has 94 valence electrons. The highest BCUT2D eigenvalue weighted by atomic mass is 16.5. The molecule has 6 nitrogen and oxygen atoms in total. The van der Waals surface area contributed by atoms with Crippen LogP contribution in [0, 0.1) is 0 Å². The zero-order chi connectivity index (χ0) is 13.0. The quantitative estimate of drug-likeness (QED) is 0.842. The van der Waals surface area contributed by atoms with Crippen LogP contribution < -0.4 is 10.1 Å². The molecule has 6 heteroatoms. The lowest BCUT2D eigenvalue weighted by atomic mass is 10.3. The molecule has 1 heterocycles. The van der Waals surface area contributed by atoms with Crippen LogP contribution in [0.5, 0.6) is 5.75 Å². The number of anilines is 2. The lowest BCUT2D eigenvalue weighted by Gasteiger charge is -2.02. The summed E-state index contributed by atoms with van der Waals surface area (Å²) in [6, 6.07) is 7.46. The number of carboxylic acid groups (broad SMARTS) is 1. The van der Waals surface area contributed by atoms with E-state index in [9.17, 15) is 4.79 Å². The molecule has 1 aromatic carbocycles. The highest BCUT2D eigenvalue weighted by Crippen LogP contribution is 2.19. The van der Waals surface area contributed by atoms with Crippen LogP contribution in [-0.4, -0.2) is 23.2 Å². The summed E-state index contributed by atoms with van der Waals surface area (Å²) in [6.07, 6.45) is 1.16. The Balaban J connectivity index is 2.03. The molecule has 0 spiro atoms. The van der Waals surface area contributed by atoms with E-state index in [-0.39, 0.29) is 12.4 Å². The summed E-state index contributed by atoms with van der Waals surface area (Å²) in [5, 5.41) is 11.5. The monoisotopic (exact) mass is 248 g/mol. The SMILES string of the molecule is COc1ccc(Nc2nc(CC(=O)O)co2)cc1. The number of oxazole rings is 1. The van der Waals surface area contributed by atoms with E-state index in [1.54, 1.807) is 31.4 Å². The molecular weight excluding hydrogens is 236 g/mol. The van der Waals surface area contributed by atoms with Crippen molar-refractivity contribution < 1.29 is 19.1 Å². The van der Waals surface area contributed by atoms with Crippen LogP contribution >= 0.6 is 0 Å². The molecule has 2 rings (SSSR count). The van der Waals surface area contributed by atoms with Crippen molar-refractivity contribution in [1.82, 2.24) is 4.98 Å². The Hall–Kier alpha value is -2.50. The van der Waals surface area contributed by atoms with Gasteiger partial charge in [0.05, 0.1) is 19.2 Å². The van der Waals surface area contributed by atoms with Gasteiger partial charge in [0.15, 0.2) is 0 Å². The van der Waals surface area contributed by atoms with Gasteiger partial charge in [-0.2, -0.15) is 4.98 Å². The maximum Gasteiger partial charge on any atom is 0.309 e. The summed E-state index contributed by atoms with van der Waals surface area (Å²) in [6.45, 7) is 0. The number of carboxylic acids is 1. The molecule has 0 unspecified atom stereocenters. The third-order valence-electron chi connectivity index (χ3n) is 2.23. The number of methoxy groups -OCH3 is 1. The van der Waals surface area contributed by atoms with Gasteiger partial charge in [-0.25, -0.2) is 0 Å². The van der Waals surface area contributed by atoms with Gasteiger partial charge in [0, 0.05) is 5.69 Å². The first-order valence-electron chi connectivity index (χ1n) is 5.24. The van der Waals surface area contributed by atoms with E-state index in [2.05, 4.69) is 10.3 Å². The normalized spacial score (nSPS) is 10.1. The average molecular weight is 248 g/mol. The fourth-order valence-electron chi connectivity index (χ4n) is 1.40. The molecule has 0 saturated heterocycles. The number of hydrogen-bond acceptors (Lipinski definition) is 5. The summed E-state index contributed by atoms with van der Waals surface area (Å²) in [5.41, 5.74) is 1.15. The van der Waals surface area contributed by atoms with Gasteiger partial charge in [-0.05, 0) is 24.3 Å². The van der Waals surface area contributed by atoms with Gasteiger partial charge in [-0.1, -0.05) is 0 Å². The van der Waals surface area contributed by atoms with E-state index in [0.717, 1.165) is 11.4 Å². The average Bonchev–Trinajstić information content (AvgIpc) is 2.76. The van der Waals surface area contributed by atoms with E-state index >= 15 is 0 Å². The van der Waals surface area contributed by atoms with Crippen molar-refractivity contribution in [1.29, 1.82) is 0 Å². The van der Waals surface area contributed by atoms with Crippen molar-refractivity contribution >= 4 is 17.7 Å². The Morgan fingerprint density at radius 3 is 2.78 bits per heavy atom. The molecule has 0 aliphatic rings. The van der Waals surface area contributed by atoms with Crippen molar-refractivity contribution in [2.24, 2.45) is 0 Å². The van der Waals surface area contributed by atoms with E-state index in [1.807, 2.05) is 0 Å². The van der Waals surface area contributed by atoms with E-state index in [4.69, 9.17) is 14.3 Å². The fourth-order valence-corrected chi connectivity index (χ4v) is 1.40. The summed E-state index contributed by atoms with van der Waals surface area (Å²) in [7, 11) is 1.59. The number of rotatable bonds is 5. The minimum Gasteiger partial charge on any atom is -0.497 e. The highest BCUT2D eigenvalue weighted by molar-refractivity contribution is 5.69. The molecule has 0 aliphatic heterocycles. The predicted molar refractivity (Wildman–Crippen MR) is 64.1 cm³/mol. The van der Waals surface area contributed by atoms with Gasteiger partial charge >= 0.3 is 5.97 Å². The standard InChI is InChI=1S/C12H12N2O4/c1-17-10-4-2-8(3-5-10)13-12-14-9(7-18-12)6-11(15)16/h2-5,7H,6H2,1H3,(H,13,14)(H,15,16). The molecule has 0 atom stereocenters. The summed E-state index contributed by atoms with van der Waals surface area (Å²) >= 11 is 0. The topological polar surface area (TPSA) is 84.6 Å². The maximum atomic E-state index is 10.5. The second-order valence-corrected chi connectivity index (χ2v) is 3.57. The maximum absolute atomic E-state index is 10.5. The first kappa shape index (κ1) is 12.0. The van der Waals surface area contributed by atoms with Gasteiger partial charge in [-0.3, -0.25) is 4.79 Å². The molecule has 18 heavy (non-hydrogen) atoms. The van der Waals surface area contributed by atoms with Crippen LogP contribution in [-0.2, 0) is 11.2 Å². The van der Waals surface area contributed by atoms with Gasteiger partial charge < -0.3 is 19.6 Å². The summed E-state index contributed by atoms with van der Waals surface area (Å²) in [4.78, 5) is 14.5. The Kier molecular flexibility index (Phi) is 3.47. The number of carbonyl (C=O) groups is 1. The molecule has 2 aromatic rings. The molecule has 2 N–H and O–H groups in total. The van der Waals surface area contributed by atoms with Crippen molar-refractivity contribution in [2.45, 2.75) is 6.42 Å². The Morgan fingerprint density at radius 1 is 1.44 bits per heavy atom. The second-order valence-electron chi connectivity index (χ2n) is 3.57. The van der Waals surface area contributed by atoms with Crippen LogP contribution in [0.3, 0.4) is 0 Å². The number of hydrogen-bond donors (Lipinski definition) is 2. The van der Waals surface area contributed by atoms with E-state index in [0.29, 0.717) is 5.69 Å². The predicted octanol–water partition coefficient (Wildman–Crippen LogP) is 2.05. The van der Waals surface area contributed by atoms with Crippen molar-refractivity contribution in [3.63, 3.8) is 0 Å². The van der Waals surface area contributed by atoms with Crippen molar-refractivity contribution in [3.05, 3.63) is 36.2 Å². The molecule has 0 amide bonds. The lowest BCUT2D eigenvalue weighted by Crippen LogP contribution is -2.00. The molecule has 1 aromatic heterocycles. The first-order valence-corrected chi connectivity index (χ1v) is 5.24. The number of benzene rings is 1.